The second-order valence-electron chi connectivity index (χ2n) is 3.38. The van der Waals surface area contributed by atoms with Crippen LogP contribution in [0.4, 0.5) is 13.2 Å². The summed E-state index contributed by atoms with van der Waals surface area (Å²) in [7, 11) is 0. The van der Waals surface area contributed by atoms with Gasteiger partial charge in [0.05, 0.1) is 0 Å². The Morgan fingerprint density at radius 3 is 2.50 bits per heavy atom. The standard InChI is InChI=1S/C10H13F3O/c1-3-8-4-5-9(6-7(8)2)14-10(11,12)13/h4-5,7H,3,6H2,1-2H3. The molecule has 0 aromatic heterocycles. The monoisotopic (exact) mass is 206 g/mol. The third-order valence-electron chi connectivity index (χ3n) is 2.28. The van der Waals surface area contributed by atoms with E-state index in [4.69, 9.17) is 0 Å². The molecule has 1 aliphatic carbocycles. The number of halogens is 3. The summed E-state index contributed by atoms with van der Waals surface area (Å²) in [4.78, 5) is 0. The molecule has 80 valence electrons. The summed E-state index contributed by atoms with van der Waals surface area (Å²) >= 11 is 0. The molecule has 0 bridgehead atoms. The van der Waals surface area contributed by atoms with Crippen LogP contribution in [-0.4, -0.2) is 6.36 Å². The van der Waals surface area contributed by atoms with Gasteiger partial charge < -0.3 is 4.74 Å². The first-order chi connectivity index (χ1) is 6.42. The smallest absolute Gasteiger partial charge is 0.410 e. The van der Waals surface area contributed by atoms with E-state index < -0.39 is 6.36 Å². The van der Waals surface area contributed by atoms with Crippen molar-refractivity contribution in [2.75, 3.05) is 0 Å². The number of hydrogen-bond donors (Lipinski definition) is 0. The Kier molecular flexibility index (Phi) is 3.24. The second-order valence-corrected chi connectivity index (χ2v) is 3.38. The summed E-state index contributed by atoms with van der Waals surface area (Å²) < 4.78 is 39.4. The quantitative estimate of drug-likeness (QED) is 0.668. The van der Waals surface area contributed by atoms with Gasteiger partial charge in [-0.3, -0.25) is 0 Å². The summed E-state index contributed by atoms with van der Waals surface area (Å²) in [5.41, 5.74) is 1.17. The molecule has 1 atom stereocenters. The van der Waals surface area contributed by atoms with E-state index in [-0.39, 0.29) is 11.7 Å². The predicted molar refractivity (Wildman–Crippen MR) is 47.4 cm³/mol. The van der Waals surface area contributed by atoms with Crippen molar-refractivity contribution >= 4 is 0 Å². The van der Waals surface area contributed by atoms with Gasteiger partial charge in [0, 0.05) is 6.42 Å². The van der Waals surface area contributed by atoms with Crippen LogP contribution < -0.4 is 0 Å². The predicted octanol–water partition coefficient (Wildman–Crippen LogP) is 3.78. The lowest BCUT2D eigenvalue weighted by molar-refractivity contribution is -0.306. The van der Waals surface area contributed by atoms with Crippen LogP contribution in [0.25, 0.3) is 0 Å². The molecule has 0 saturated heterocycles. The molecule has 1 nitrogen and oxygen atoms in total. The van der Waals surface area contributed by atoms with Crippen LogP contribution >= 0.6 is 0 Å². The van der Waals surface area contributed by atoms with Gasteiger partial charge in [-0.1, -0.05) is 25.5 Å². The van der Waals surface area contributed by atoms with E-state index in [9.17, 15) is 13.2 Å². The normalized spacial score (nSPS) is 22.8. The molecule has 1 unspecified atom stereocenters. The number of ether oxygens (including phenoxy) is 1. The summed E-state index contributed by atoms with van der Waals surface area (Å²) in [5.74, 6) is 0.143. The number of allylic oxidation sites excluding steroid dienone is 4. The van der Waals surface area contributed by atoms with Gasteiger partial charge in [0.1, 0.15) is 5.76 Å². The van der Waals surface area contributed by atoms with Crippen LogP contribution in [0.15, 0.2) is 23.5 Å². The van der Waals surface area contributed by atoms with Crippen molar-refractivity contribution in [3.05, 3.63) is 23.5 Å². The number of rotatable bonds is 2. The Labute approximate surface area is 81.2 Å². The highest BCUT2D eigenvalue weighted by molar-refractivity contribution is 5.23. The molecule has 14 heavy (non-hydrogen) atoms. The highest BCUT2D eigenvalue weighted by Gasteiger charge is 2.33. The van der Waals surface area contributed by atoms with E-state index in [1.165, 1.54) is 11.6 Å². The zero-order chi connectivity index (χ0) is 10.8. The number of alkyl halides is 3. The minimum absolute atomic E-state index is 0.00204. The van der Waals surface area contributed by atoms with Gasteiger partial charge in [0.25, 0.3) is 0 Å². The van der Waals surface area contributed by atoms with Crippen molar-refractivity contribution < 1.29 is 17.9 Å². The van der Waals surface area contributed by atoms with Crippen molar-refractivity contribution in [3.63, 3.8) is 0 Å². The molecule has 1 rings (SSSR count). The van der Waals surface area contributed by atoms with Crippen molar-refractivity contribution in [3.8, 4) is 0 Å². The van der Waals surface area contributed by atoms with E-state index in [0.717, 1.165) is 6.42 Å². The van der Waals surface area contributed by atoms with Gasteiger partial charge in [0.2, 0.25) is 0 Å². The molecule has 0 heterocycles. The third-order valence-corrected chi connectivity index (χ3v) is 2.28. The average Bonchev–Trinajstić information content (AvgIpc) is 2.01. The third kappa shape index (κ3) is 3.09. The topological polar surface area (TPSA) is 9.23 Å². The van der Waals surface area contributed by atoms with Crippen molar-refractivity contribution in [2.45, 2.75) is 33.1 Å². The van der Waals surface area contributed by atoms with E-state index in [1.807, 2.05) is 13.8 Å². The van der Waals surface area contributed by atoms with Crippen LogP contribution in [0, 0.1) is 5.92 Å². The van der Waals surface area contributed by atoms with Crippen LogP contribution in [0.2, 0.25) is 0 Å². The minimum atomic E-state index is -4.57. The Hall–Kier alpha value is -0.930. The maximum atomic E-state index is 11.9. The zero-order valence-corrected chi connectivity index (χ0v) is 8.19. The Morgan fingerprint density at radius 2 is 2.07 bits per heavy atom. The van der Waals surface area contributed by atoms with Gasteiger partial charge in [-0.25, -0.2) is 0 Å². The Balaban J connectivity index is 2.67. The fourth-order valence-electron chi connectivity index (χ4n) is 1.56. The molecule has 0 aliphatic heterocycles. The van der Waals surface area contributed by atoms with Gasteiger partial charge in [-0.05, 0) is 18.4 Å². The van der Waals surface area contributed by atoms with Crippen LogP contribution in [-0.2, 0) is 4.74 Å². The fraction of sp³-hybridized carbons (Fsp3) is 0.600. The van der Waals surface area contributed by atoms with Crippen LogP contribution in [0.1, 0.15) is 26.7 Å². The van der Waals surface area contributed by atoms with Crippen molar-refractivity contribution in [2.24, 2.45) is 5.92 Å². The zero-order valence-electron chi connectivity index (χ0n) is 8.19. The summed E-state index contributed by atoms with van der Waals surface area (Å²) in [6, 6.07) is 0. The highest BCUT2D eigenvalue weighted by Crippen LogP contribution is 2.31. The summed E-state index contributed by atoms with van der Waals surface area (Å²) in [5, 5.41) is 0. The maximum Gasteiger partial charge on any atom is 0.572 e. The molecule has 0 fully saturated rings. The maximum absolute atomic E-state index is 11.9. The minimum Gasteiger partial charge on any atom is -0.410 e. The molecule has 0 saturated carbocycles. The van der Waals surface area contributed by atoms with Gasteiger partial charge >= 0.3 is 6.36 Å². The van der Waals surface area contributed by atoms with E-state index in [1.54, 1.807) is 6.08 Å². The molecule has 4 heteroatoms. The molecule has 0 N–H and O–H groups in total. The Bertz CT molecular complexity index is 263. The first kappa shape index (κ1) is 11.1. The first-order valence-corrected chi connectivity index (χ1v) is 4.57. The van der Waals surface area contributed by atoms with Crippen LogP contribution in [0.3, 0.4) is 0 Å². The van der Waals surface area contributed by atoms with Gasteiger partial charge in [-0.2, -0.15) is 0 Å². The molecule has 0 spiro atoms. The van der Waals surface area contributed by atoms with E-state index in [0.29, 0.717) is 6.42 Å². The SMILES string of the molecule is CCC1=CC=C(OC(F)(F)F)CC1C. The lowest BCUT2D eigenvalue weighted by Crippen LogP contribution is -2.16. The lowest BCUT2D eigenvalue weighted by Gasteiger charge is -2.21. The highest BCUT2D eigenvalue weighted by atomic mass is 19.4. The molecule has 0 radical (unpaired) electrons. The molecule has 1 aliphatic rings. The summed E-state index contributed by atoms with van der Waals surface area (Å²) in [6.45, 7) is 3.90. The molecule has 0 aromatic rings. The molecular formula is C10H13F3O. The van der Waals surface area contributed by atoms with Crippen molar-refractivity contribution in [1.82, 2.24) is 0 Å². The van der Waals surface area contributed by atoms with Crippen LogP contribution in [0.5, 0.6) is 0 Å². The van der Waals surface area contributed by atoms with Gasteiger partial charge in [-0.15, -0.1) is 13.2 Å². The van der Waals surface area contributed by atoms with Gasteiger partial charge in [0.15, 0.2) is 0 Å². The summed E-state index contributed by atoms with van der Waals surface area (Å²) in [6.07, 6.45) is -0.235. The fourth-order valence-corrected chi connectivity index (χ4v) is 1.56. The largest absolute Gasteiger partial charge is 0.572 e. The van der Waals surface area contributed by atoms with E-state index >= 15 is 0 Å². The second kappa shape index (κ2) is 4.07. The molecular weight excluding hydrogens is 193 g/mol. The van der Waals surface area contributed by atoms with E-state index in [2.05, 4.69) is 4.74 Å². The van der Waals surface area contributed by atoms with Crippen molar-refractivity contribution in [1.29, 1.82) is 0 Å². The first-order valence-electron chi connectivity index (χ1n) is 4.57. The molecule has 0 aromatic carbocycles. The average molecular weight is 206 g/mol. The lowest BCUT2D eigenvalue weighted by atomic mass is 9.91. The Morgan fingerprint density at radius 1 is 1.43 bits per heavy atom. The molecule has 0 amide bonds. The number of hydrogen-bond acceptors (Lipinski definition) is 1.